The van der Waals surface area contributed by atoms with Crippen molar-refractivity contribution in [2.45, 2.75) is 31.4 Å². The lowest BCUT2D eigenvalue weighted by atomic mass is 10.0. The van der Waals surface area contributed by atoms with E-state index >= 15 is 0 Å². The summed E-state index contributed by atoms with van der Waals surface area (Å²) in [6.45, 7) is 2.48. The maximum atomic E-state index is 12.3. The van der Waals surface area contributed by atoms with Crippen LogP contribution in [0, 0.1) is 18.8 Å². The van der Waals surface area contributed by atoms with Crippen LogP contribution in [0.15, 0.2) is 18.2 Å². The van der Waals surface area contributed by atoms with E-state index in [1.807, 2.05) is 30.8 Å². The van der Waals surface area contributed by atoms with E-state index in [-0.39, 0.29) is 12.5 Å². The van der Waals surface area contributed by atoms with Crippen molar-refractivity contribution in [2.24, 2.45) is 0 Å². The highest BCUT2D eigenvalue weighted by Gasteiger charge is 2.16. The summed E-state index contributed by atoms with van der Waals surface area (Å²) in [6, 6.07) is 5.55. The Kier molecular flexibility index (Phi) is 6.16. The first-order valence-electron chi connectivity index (χ1n) is 7.31. The number of thioether (sulfide) groups is 1. The van der Waals surface area contributed by atoms with E-state index in [9.17, 15) is 4.79 Å². The van der Waals surface area contributed by atoms with Crippen molar-refractivity contribution in [1.82, 2.24) is 5.32 Å². The largest absolute Gasteiger partial charge is 0.384 e. The molecule has 1 saturated heterocycles. The molecule has 0 radical (unpaired) electrons. The molecule has 1 aliphatic heterocycles. The lowest BCUT2D eigenvalue weighted by Gasteiger charge is -2.21. The number of rotatable bonds is 3. The Hall–Kier alpha value is -1.44. The molecule has 2 rings (SSSR count). The Bertz CT molecular complexity index is 554. The molecule has 1 aromatic rings. The van der Waals surface area contributed by atoms with Gasteiger partial charge in [0.25, 0.3) is 5.91 Å². The van der Waals surface area contributed by atoms with Crippen molar-refractivity contribution in [3.63, 3.8) is 0 Å². The van der Waals surface area contributed by atoms with Gasteiger partial charge >= 0.3 is 0 Å². The van der Waals surface area contributed by atoms with Crippen molar-refractivity contribution >= 4 is 17.7 Å². The van der Waals surface area contributed by atoms with Gasteiger partial charge in [-0.15, -0.1) is 0 Å². The summed E-state index contributed by atoms with van der Waals surface area (Å²) in [4.78, 5) is 12.3. The number of hydrogen-bond acceptors (Lipinski definition) is 3. The van der Waals surface area contributed by atoms with Gasteiger partial charge in [0.1, 0.15) is 6.61 Å². The summed E-state index contributed by atoms with van der Waals surface area (Å²) in [5, 5.41) is 12.3. The normalized spacial score (nSPS) is 17.7. The van der Waals surface area contributed by atoms with Gasteiger partial charge in [-0.3, -0.25) is 4.79 Å². The molecule has 0 aromatic heterocycles. The lowest BCUT2D eigenvalue weighted by molar-refractivity contribution is 0.0952. The number of benzene rings is 1. The van der Waals surface area contributed by atoms with Crippen LogP contribution in [-0.4, -0.2) is 35.2 Å². The molecule has 21 heavy (non-hydrogen) atoms. The molecule has 1 heterocycles. The molecule has 0 spiro atoms. The molecule has 4 heteroatoms. The van der Waals surface area contributed by atoms with E-state index < -0.39 is 0 Å². The number of carbonyl (C=O) groups excluding carboxylic acids is 1. The Morgan fingerprint density at radius 3 is 3.05 bits per heavy atom. The third-order valence-corrected chi connectivity index (χ3v) is 4.96. The van der Waals surface area contributed by atoms with E-state index in [2.05, 4.69) is 17.2 Å². The average Bonchev–Trinajstić information content (AvgIpc) is 2.53. The minimum absolute atomic E-state index is 0.0358. The van der Waals surface area contributed by atoms with Crippen molar-refractivity contribution < 1.29 is 9.90 Å². The van der Waals surface area contributed by atoms with Gasteiger partial charge in [0.15, 0.2) is 0 Å². The van der Waals surface area contributed by atoms with E-state index in [1.54, 1.807) is 6.07 Å². The highest BCUT2D eigenvalue weighted by atomic mass is 32.2. The van der Waals surface area contributed by atoms with Gasteiger partial charge in [0, 0.05) is 22.9 Å². The second-order valence-electron chi connectivity index (χ2n) is 5.19. The molecular weight excluding hydrogens is 282 g/mol. The molecular formula is C17H21NO2S. The molecule has 1 aromatic carbocycles. The molecule has 3 nitrogen and oxygen atoms in total. The predicted octanol–water partition coefficient (Wildman–Crippen LogP) is 2.35. The molecule has 0 aliphatic carbocycles. The summed E-state index contributed by atoms with van der Waals surface area (Å²) >= 11 is 1.95. The van der Waals surface area contributed by atoms with Crippen LogP contribution in [-0.2, 0) is 0 Å². The van der Waals surface area contributed by atoms with Crippen molar-refractivity contribution in [1.29, 1.82) is 0 Å². The van der Waals surface area contributed by atoms with Crippen molar-refractivity contribution in [2.75, 3.05) is 18.9 Å². The number of amides is 1. The SMILES string of the molecule is Cc1ccc(C#CCO)cc1C(=O)NCC1CCCCS1. The van der Waals surface area contributed by atoms with Crippen LogP contribution in [0.2, 0.25) is 0 Å². The molecule has 0 bridgehead atoms. The third-order valence-electron chi connectivity index (χ3n) is 3.56. The van der Waals surface area contributed by atoms with Gasteiger partial charge in [0.05, 0.1) is 0 Å². The fourth-order valence-corrected chi connectivity index (χ4v) is 3.59. The smallest absolute Gasteiger partial charge is 0.251 e. The monoisotopic (exact) mass is 303 g/mol. The summed E-state index contributed by atoms with van der Waals surface area (Å²) < 4.78 is 0. The number of nitrogens with one attached hydrogen (secondary N) is 1. The number of carbonyl (C=O) groups is 1. The quantitative estimate of drug-likeness (QED) is 0.843. The number of aryl methyl sites for hydroxylation is 1. The first-order valence-corrected chi connectivity index (χ1v) is 8.36. The number of aliphatic hydroxyl groups excluding tert-OH is 1. The minimum atomic E-state index is -0.172. The molecule has 112 valence electrons. The van der Waals surface area contributed by atoms with Crippen LogP contribution >= 0.6 is 11.8 Å². The van der Waals surface area contributed by atoms with Crippen LogP contribution < -0.4 is 5.32 Å². The van der Waals surface area contributed by atoms with Gasteiger partial charge in [-0.1, -0.05) is 24.3 Å². The highest BCUT2D eigenvalue weighted by molar-refractivity contribution is 7.99. The maximum absolute atomic E-state index is 12.3. The summed E-state index contributed by atoms with van der Waals surface area (Å²) in [7, 11) is 0. The van der Waals surface area contributed by atoms with Crippen LogP contribution in [0.1, 0.15) is 40.7 Å². The molecule has 1 amide bonds. The Morgan fingerprint density at radius 1 is 1.48 bits per heavy atom. The van der Waals surface area contributed by atoms with Gasteiger partial charge in [0.2, 0.25) is 0 Å². The van der Waals surface area contributed by atoms with Crippen LogP contribution in [0.5, 0.6) is 0 Å². The topological polar surface area (TPSA) is 49.3 Å². The Morgan fingerprint density at radius 2 is 2.33 bits per heavy atom. The minimum Gasteiger partial charge on any atom is -0.384 e. The van der Waals surface area contributed by atoms with Gasteiger partial charge in [-0.25, -0.2) is 0 Å². The second kappa shape index (κ2) is 8.11. The standard InChI is InChI=1S/C17H21NO2S/c1-13-7-8-14(5-4-9-19)11-16(13)17(20)18-12-15-6-2-3-10-21-15/h7-8,11,15,19H,2-3,6,9-10,12H2,1H3,(H,18,20). The molecule has 1 aliphatic rings. The Balaban J connectivity index is 2.00. The van der Waals surface area contributed by atoms with Crippen molar-refractivity contribution in [3.8, 4) is 11.8 Å². The molecule has 1 fully saturated rings. The first-order chi connectivity index (χ1) is 10.2. The second-order valence-corrected chi connectivity index (χ2v) is 6.60. The average molecular weight is 303 g/mol. The molecule has 1 atom stereocenters. The number of aliphatic hydroxyl groups is 1. The van der Waals surface area contributed by atoms with Gasteiger partial charge < -0.3 is 10.4 Å². The third kappa shape index (κ3) is 4.80. The van der Waals surface area contributed by atoms with E-state index in [1.165, 1.54) is 25.0 Å². The summed E-state index contributed by atoms with van der Waals surface area (Å²) in [5.74, 6) is 6.61. The zero-order valence-corrected chi connectivity index (χ0v) is 13.1. The molecule has 2 N–H and O–H groups in total. The number of hydrogen-bond donors (Lipinski definition) is 2. The lowest BCUT2D eigenvalue weighted by Crippen LogP contribution is -2.32. The molecule has 0 saturated carbocycles. The zero-order valence-electron chi connectivity index (χ0n) is 12.3. The fraction of sp³-hybridized carbons (Fsp3) is 0.471. The zero-order chi connectivity index (χ0) is 15.1. The summed E-state index contributed by atoms with van der Waals surface area (Å²) in [6.07, 6.45) is 3.74. The first kappa shape index (κ1) is 15.9. The molecule has 1 unspecified atom stereocenters. The van der Waals surface area contributed by atoms with Crippen molar-refractivity contribution in [3.05, 3.63) is 34.9 Å². The fourth-order valence-electron chi connectivity index (χ4n) is 2.36. The van der Waals surface area contributed by atoms with Crippen LogP contribution in [0.3, 0.4) is 0 Å². The van der Waals surface area contributed by atoms with Gasteiger partial charge in [-0.05, 0) is 43.2 Å². The van der Waals surface area contributed by atoms with E-state index in [4.69, 9.17) is 5.11 Å². The van der Waals surface area contributed by atoms with E-state index in [0.717, 1.165) is 17.7 Å². The van der Waals surface area contributed by atoms with Crippen LogP contribution in [0.4, 0.5) is 0 Å². The maximum Gasteiger partial charge on any atom is 0.251 e. The van der Waals surface area contributed by atoms with Crippen LogP contribution in [0.25, 0.3) is 0 Å². The summed E-state index contributed by atoms with van der Waals surface area (Å²) in [5.41, 5.74) is 2.37. The Labute approximate surface area is 130 Å². The van der Waals surface area contributed by atoms with Gasteiger partial charge in [-0.2, -0.15) is 11.8 Å². The predicted molar refractivity (Wildman–Crippen MR) is 87.6 cm³/mol. The van der Waals surface area contributed by atoms with E-state index in [0.29, 0.717) is 10.8 Å². The highest BCUT2D eigenvalue weighted by Crippen LogP contribution is 2.24.